The molecule has 2 aliphatic rings. The average Bonchev–Trinajstić information content (AvgIpc) is 3.67. The van der Waals surface area contributed by atoms with Crippen molar-refractivity contribution in [2.45, 2.75) is 49.3 Å². The van der Waals surface area contributed by atoms with Gasteiger partial charge in [-0.05, 0) is 80.0 Å². The van der Waals surface area contributed by atoms with Crippen molar-refractivity contribution in [2.75, 3.05) is 4.72 Å². The molecular formula is C26H24N2O5S. The monoisotopic (exact) mass is 476 g/mol. The van der Waals surface area contributed by atoms with Gasteiger partial charge >= 0.3 is 5.63 Å². The van der Waals surface area contributed by atoms with Gasteiger partial charge in [0.05, 0.1) is 22.1 Å². The summed E-state index contributed by atoms with van der Waals surface area (Å²) < 4.78 is 33.9. The first-order chi connectivity index (χ1) is 16.4. The van der Waals surface area contributed by atoms with E-state index >= 15 is 0 Å². The second-order valence-electron chi connectivity index (χ2n) is 8.94. The molecule has 0 saturated heterocycles. The van der Waals surface area contributed by atoms with Crippen molar-refractivity contribution >= 4 is 15.7 Å². The van der Waals surface area contributed by atoms with Gasteiger partial charge in [-0.15, -0.1) is 0 Å². The molecule has 1 fully saturated rings. The second kappa shape index (κ2) is 8.65. The van der Waals surface area contributed by atoms with Crippen LogP contribution in [0.4, 0.5) is 5.69 Å². The van der Waals surface area contributed by atoms with Gasteiger partial charge in [-0.3, -0.25) is 4.72 Å². The molecule has 8 heteroatoms. The quantitative estimate of drug-likeness (QED) is 0.543. The van der Waals surface area contributed by atoms with E-state index < -0.39 is 15.6 Å². The Kier molecular flexibility index (Phi) is 5.66. The lowest BCUT2D eigenvalue weighted by Crippen LogP contribution is -2.20. The van der Waals surface area contributed by atoms with E-state index in [0.29, 0.717) is 29.9 Å². The number of nitrogens with one attached hydrogen (secondary N) is 1. The van der Waals surface area contributed by atoms with Crippen LogP contribution in [0.5, 0.6) is 5.75 Å². The van der Waals surface area contributed by atoms with Crippen molar-refractivity contribution in [1.29, 1.82) is 5.26 Å². The fourth-order valence-corrected chi connectivity index (χ4v) is 5.81. The molecule has 2 N–H and O–H groups in total. The van der Waals surface area contributed by atoms with Crippen LogP contribution in [-0.2, 0) is 22.9 Å². The summed E-state index contributed by atoms with van der Waals surface area (Å²) in [5, 5.41) is 20.0. The number of hydrogen-bond donors (Lipinski definition) is 2. The van der Waals surface area contributed by atoms with Gasteiger partial charge in [-0.1, -0.05) is 12.1 Å². The fourth-order valence-electron chi connectivity index (χ4n) is 4.76. The fraction of sp³-hybridized carbons (Fsp3) is 0.308. The SMILES string of the molecule is N#Cc1ccc(S(=O)(=O)Nc2cccc(C(c3c(O)c4c(oc3=O)CCCC4)C3CC3)c2)cc1. The summed E-state index contributed by atoms with van der Waals surface area (Å²) in [6.07, 6.45) is 5.04. The number of nitrogens with zero attached hydrogens (tertiary/aromatic N) is 1. The van der Waals surface area contributed by atoms with E-state index in [1.54, 1.807) is 18.2 Å². The van der Waals surface area contributed by atoms with Crippen LogP contribution in [0.15, 0.2) is 62.6 Å². The normalized spacial score (nSPS) is 16.3. The molecule has 1 aromatic heterocycles. The summed E-state index contributed by atoms with van der Waals surface area (Å²) in [7, 11) is -3.87. The lowest BCUT2D eigenvalue weighted by molar-refractivity contribution is 0.377. The Morgan fingerprint density at radius 2 is 1.82 bits per heavy atom. The lowest BCUT2D eigenvalue weighted by Gasteiger charge is -2.22. The zero-order chi connectivity index (χ0) is 23.9. The van der Waals surface area contributed by atoms with Crippen LogP contribution >= 0.6 is 0 Å². The maximum atomic E-state index is 12.9. The first-order valence-corrected chi connectivity index (χ1v) is 12.9. The van der Waals surface area contributed by atoms with E-state index in [4.69, 9.17) is 9.68 Å². The highest BCUT2D eigenvalue weighted by molar-refractivity contribution is 7.92. The van der Waals surface area contributed by atoms with E-state index in [2.05, 4.69) is 4.72 Å². The highest BCUT2D eigenvalue weighted by Gasteiger charge is 2.38. The average molecular weight is 477 g/mol. The van der Waals surface area contributed by atoms with Crippen LogP contribution in [0.3, 0.4) is 0 Å². The van der Waals surface area contributed by atoms with Crippen LogP contribution in [0, 0.1) is 17.2 Å². The molecule has 0 radical (unpaired) electrons. The van der Waals surface area contributed by atoms with E-state index in [1.165, 1.54) is 24.3 Å². The predicted octanol–water partition coefficient (Wildman–Crippen LogP) is 4.44. The molecule has 1 unspecified atom stereocenters. The molecule has 2 aliphatic carbocycles. The zero-order valence-corrected chi connectivity index (χ0v) is 19.3. The molecule has 0 aliphatic heterocycles. The number of nitriles is 1. The Hall–Kier alpha value is -3.57. The topological polar surface area (TPSA) is 120 Å². The van der Waals surface area contributed by atoms with Crippen molar-refractivity contribution in [2.24, 2.45) is 5.92 Å². The second-order valence-corrected chi connectivity index (χ2v) is 10.6. The minimum absolute atomic E-state index is 0.0337. The molecule has 5 rings (SSSR count). The zero-order valence-electron chi connectivity index (χ0n) is 18.5. The molecule has 0 amide bonds. The van der Waals surface area contributed by atoms with Crippen molar-refractivity contribution in [3.63, 3.8) is 0 Å². The molecule has 2 aromatic carbocycles. The summed E-state index contributed by atoms with van der Waals surface area (Å²) in [5.41, 5.74) is 1.96. The number of aromatic hydroxyl groups is 1. The number of aryl methyl sites for hydroxylation is 1. The number of anilines is 1. The van der Waals surface area contributed by atoms with Gasteiger partial charge in [0.25, 0.3) is 10.0 Å². The van der Waals surface area contributed by atoms with Gasteiger partial charge < -0.3 is 9.52 Å². The molecule has 3 aromatic rings. The summed E-state index contributed by atoms with van der Waals surface area (Å²) in [5.74, 6) is 0.422. The maximum Gasteiger partial charge on any atom is 0.343 e. The van der Waals surface area contributed by atoms with Crippen LogP contribution < -0.4 is 10.3 Å². The predicted molar refractivity (Wildman–Crippen MR) is 126 cm³/mol. The highest BCUT2D eigenvalue weighted by atomic mass is 32.2. The smallest absolute Gasteiger partial charge is 0.343 e. The first kappa shape index (κ1) is 22.2. The van der Waals surface area contributed by atoms with Crippen molar-refractivity contribution < 1.29 is 17.9 Å². The van der Waals surface area contributed by atoms with E-state index in [9.17, 15) is 18.3 Å². The number of fused-ring (bicyclic) bond motifs is 1. The molecule has 7 nitrogen and oxygen atoms in total. The maximum absolute atomic E-state index is 12.9. The van der Waals surface area contributed by atoms with Gasteiger partial charge in [0.2, 0.25) is 0 Å². The molecule has 34 heavy (non-hydrogen) atoms. The van der Waals surface area contributed by atoms with E-state index in [0.717, 1.165) is 36.8 Å². The molecule has 0 bridgehead atoms. The van der Waals surface area contributed by atoms with Crippen LogP contribution in [0.25, 0.3) is 0 Å². The van der Waals surface area contributed by atoms with Crippen LogP contribution in [-0.4, -0.2) is 13.5 Å². The molecule has 1 heterocycles. The van der Waals surface area contributed by atoms with E-state index in [-0.39, 0.29) is 28.0 Å². The summed E-state index contributed by atoms with van der Waals surface area (Å²) in [4.78, 5) is 13.0. The lowest BCUT2D eigenvalue weighted by atomic mass is 9.85. The molecule has 174 valence electrons. The largest absolute Gasteiger partial charge is 0.507 e. The Bertz CT molecular complexity index is 1450. The van der Waals surface area contributed by atoms with Crippen molar-refractivity contribution in [3.05, 3.63) is 87.0 Å². The Labute approximate surface area is 197 Å². The standard InChI is InChI=1S/C26H24N2O5S/c27-15-16-8-12-20(13-9-16)34(31,32)28-19-5-3-4-18(14-19)23(17-10-11-17)24-25(29)21-6-1-2-7-22(21)33-26(24)30/h3-5,8-9,12-14,17,23,28-29H,1-2,6-7,10-11H2. The third-order valence-electron chi connectivity index (χ3n) is 6.59. The summed E-state index contributed by atoms with van der Waals surface area (Å²) in [6, 6.07) is 14.6. The highest BCUT2D eigenvalue weighted by Crippen LogP contribution is 2.49. The van der Waals surface area contributed by atoms with Crippen molar-refractivity contribution in [3.8, 4) is 11.8 Å². The molecule has 1 saturated carbocycles. The number of sulfonamides is 1. The van der Waals surface area contributed by atoms with Gasteiger partial charge in [0.1, 0.15) is 11.5 Å². The summed E-state index contributed by atoms with van der Waals surface area (Å²) >= 11 is 0. The molecular weight excluding hydrogens is 452 g/mol. The minimum atomic E-state index is -3.87. The van der Waals surface area contributed by atoms with Crippen LogP contribution in [0.1, 0.15) is 59.6 Å². The Balaban J connectivity index is 1.51. The third kappa shape index (κ3) is 4.19. The van der Waals surface area contributed by atoms with Gasteiger partial charge in [-0.25, -0.2) is 13.2 Å². The summed E-state index contributed by atoms with van der Waals surface area (Å²) in [6.45, 7) is 0. The van der Waals surface area contributed by atoms with Gasteiger partial charge in [0, 0.05) is 23.6 Å². The Morgan fingerprint density at radius 1 is 1.09 bits per heavy atom. The Morgan fingerprint density at radius 3 is 2.53 bits per heavy atom. The van der Waals surface area contributed by atoms with Crippen LogP contribution in [0.2, 0.25) is 0 Å². The first-order valence-electron chi connectivity index (χ1n) is 11.4. The van der Waals surface area contributed by atoms with Gasteiger partial charge in [-0.2, -0.15) is 5.26 Å². The number of rotatable bonds is 6. The van der Waals surface area contributed by atoms with E-state index in [1.807, 2.05) is 12.1 Å². The third-order valence-corrected chi connectivity index (χ3v) is 7.99. The minimum Gasteiger partial charge on any atom is -0.507 e. The molecule has 0 spiro atoms. The number of benzene rings is 2. The number of hydrogen-bond acceptors (Lipinski definition) is 6. The molecule has 1 atom stereocenters. The van der Waals surface area contributed by atoms with Gasteiger partial charge in [0.15, 0.2) is 0 Å². The van der Waals surface area contributed by atoms with Crippen molar-refractivity contribution in [1.82, 2.24) is 0 Å².